The van der Waals surface area contributed by atoms with Crippen LogP contribution in [0.4, 0.5) is 5.69 Å². The number of anilines is 1. The third-order valence-electron chi connectivity index (χ3n) is 3.55. The number of nitrogens with one attached hydrogen (secondary N) is 1. The van der Waals surface area contributed by atoms with Gasteiger partial charge in [0.15, 0.2) is 0 Å². The number of carbonyl (C=O) groups is 1. The summed E-state index contributed by atoms with van der Waals surface area (Å²) in [6.45, 7) is 6.23. The van der Waals surface area contributed by atoms with E-state index in [1.165, 1.54) is 25.7 Å². The van der Waals surface area contributed by atoms with E-state index in [1.807, 2.05) is 31.2 Å². The Labute approximate surface area is 121 Å². The zero-order valence-electron chi connectivity index (χ0n) is 12.2. The Hall–Kier alpha value is -1.77. The average molecular weight is 273 g/mol. The van der Waals surface area contributed by atoms with Gasteiger partial charge in [-0.2, -0.15) is 0 Å². The number of hydrogen-bond donors (Lipinski definition) is 1. The minimum absolute atomic E-state index is 0.106. The highest BCUT2D eigenvalue weighted by molar-refractivity contribution is 5.91. The SMILES string of the molecule is C=C(C)COc1cccc(NC(=O)CC2CCCC2)c1. The fourth-order valence-electron chi connectivity index (χ4n) is 2.56. The van der Waals surface area contributed by atoms with Gasteiger partial charge in [0, 0.05) is 18.2 Å². The monoisotopic (exact) mass is 273 g/mol. The van der Waals surface area contributed by atoms with E-state index in [1.54, 1.807) is 0 Å². The summed E-state index contributed by atoms with van der Waals surface area (Å²) in [7, 11) is 0. The molecule has 0 bridgehead atoms. The molecule has 0 radical (unpaired) electrons. The predicted molar refractivity (Wildman–Crippen MR) is 82.0 cm³/mol. The summed E-state index contributed by atoms with van der Waals surface area (Å²) in [5.74, 6) is 1.43. The molecule has 0 spiro atoms. The summed E-state index contributed by atoms with van der Waals surface area (Å²) in [6, 6.07) is 7.52. The molecule has 1 aliphatic carbocycles. The van der Waals surface area contributed by atoms with Gasteiger partial charge in [-0.15, -0.1) is 0 Å². The molecule has 20 heavy (non-hydrogen) atoms. The van der Waals surface area contributed by atoms with E-state index in [2.05, 4.69) is 11.9 Å². The van der Waals surface area contributed by atoms with Crippen LogP contribution in [0.5, 0.6) is 5.75 Å². The van der Waals surface area contributed by atoms with Gasteiger partial charge >= 0.3 is 0 Å². The van der Waals surface area contributed by atoms with Crippen molar-refractivity contribution in [3.8, 4) is 5.75 Å². The molecule has 2 rings (SSSR count). The Balaban J connectivity index is 1.86. The van der Waals surface area contributed by atoms with Gasteiger partial charge in [0.2, 0.25) is 5.91 Å². The fraction of sp³-hybridized carbons (Fsp3) is 0.471. The van der Waals surface area contributed by atoms with Crippen LogP contribution in [0.3, 0.4) is 0 Å². The van der Waals surface area contributed by atoms with Crippen molar-refractivity contribution < 1.29 is 9.53 Å². The van der Waals surface area contributed by atoms with E-state index < -0.39 is 0 Å². The minimum Gasteiger partial charge on any atom is -0.489 e. The smallest absolute Gasteiger partial charge is 0.224 e. The number of hydrogen-bond acceptors (Lipinski definition) is 2. The molecule has 0 atom stereocenters. The second-order valence-corrected chi connectivity index (χ2v) is 5.68. The molecule has 1 fully saturated rings. The van der Waals surface area contributed by atoms with Crippen LogP contribution in [-0.2, 0) is 4.79 Å². The van der Waals surface area contributed by atoms with Gasteiger partial charge in [-0.25, -0.2) is 0 Å². The third-order valence-corrected chi connectivity index (χ3v) is 3.55. The molecule has 0 aliphatic heterocycles. The van der Waals surface area contributed by atoms with E-state index in [4.69, 9.17) is 4.74 Å². The Bertz CT molecular complexity index is 476. The molecule has 1 aromatic rings. The molecule has 3 heteroatoms. The van der Waals surface area contributed by atoms with Crippen molar-refractivity contribution in [2.45, 2.75) is 39.0 Å². The largest absolute Gasteiger partial charge is 0.489 e. The van der Waals surface area contributed by atoms with E-state index in [9.17, 15) is 4.79 Å². The van der Waals surface area contributed by atoms with Gasteiger partial charge in [-0.05, 0) is 43.4 Å². The summed E-state index contributed by atoms with van der Waals surface area (Å²) < 4.78 is 5.57. The molecule has 0 aromatic heterocycles. The lowest BCUT2D eigenvalue weighted by atomic mass is 10.0. The van der Waals surface area contributed by atoms with E-state index >= 15 is 0 Å². The van der Waals surface area contributed by atoms with Gasteiger partial charge in [-0.1, -0.05) is 25.5 Å². The third kappa shape index (κ3) is 4.72. The number of ether oxygens (including phenoxy) is 1. The van der Waals surface area contributed by atoms with Crippen LogP contribution in [-0.4, -0.2) is 12.5 Å². The topological polar surface area (TPSA) is 38.3 Å². The highest BCUT2D eigenvalue weighted by Gasteiger charge is 2.18. The molecule has 3 nitrogen and oxygen atoms in total. The van der Waals surface area contributed by atoms with Crippen molar-refractivity contribution in [1.29, 1.82) is 0 Å². The number of carbonyl (C=O) groups excluding carboxylic acids is 1. The minimum atomic E-state index is 0.106. The Kier molecular flexibility index (Phi) is 5.22. The maximum Gasteiger partial charge on any atom is 0.224 e. The zero-order chi connectivity index (χ0) is 14.4. The van der Waals surface area contributed by atoms with Gasteiger partial charge in [-0.3, -0.25) is 4.79 Å². The summed E-state index contributed by atoms with van der Waals surface area (Å²) in [6.07, 6.45) is 5.55. The second-order valence-electron chi connectivity index (χ2n) is 5.68. The normalized spacial score (nSPS) is 15.1. The number of amides is 1. The first-order chi connectivity index (χ1) is 9.63. The van der Waals surface area contributed by atoms with Gasteiger partial charge in [0.05, 0.1) is 0 Å². The van der Waals surface area contributed by atoms with Crippen LogP contribution in [0.15, 0.2) is 36.4 Å². The molecule has 1 N–H and O–H groups in total. The van der Waals surface area contributed by atoms with Crippen molar-refractivity contribution in [2.24, 2.45) is 5.92 Å². The van der Waals surface area contributed by atoms with Gasteiger partial charge in [0.1, 0.15) is 12.4 Å². The molecule has 108 valence electrons. The van der Waals surface area contributed by atoms with Crippen LogP contribution in [0.1, 0.15) is 39.0 Å². The Morgan fingerprint density at radius 1 is 1.40 bits per heavy atom. The first-order valence-corrected chi connectivity index (χ1v) is 7.30. The first-order valence-electron chi connectivity index (χ1n) is 7.30. The molecule has 1 saturated carbocycles. The Morgan fingerprint density at radius 3 is 2.85 bits per heavy atom. The Morgan fingerprint density at radius 2 is 2.15 bits per heavy atom. The van der Waals surface area contributed by atoms with Crippen LogP contribution in [0.25, 0.3) is 0 Å². The van der Waals surface area contributed by atoms with E-state index in [0.717, 1.165) is 17.0 Å². The molecule has 1 aromatic carbocycles. The van der Waals surface area contributed by atoms with Gasteiger partial charge < -0.3 is 10.1 Å². The van der Waals surface area contributed by atoms with E-state index in [-0.39, 0.29) is 5.91 Å². The maximum absolute atomic E-state index is 12.0. The summed E-state index contributed by atoms with van der Waals surface area (Å²) in [5, 5.41) is 2.96. The molecular formula is C17H23NO2. The van der Waals surface area contributed by atoms with Crippen LogP contribution in [0.2, 0.25) is 0 Å². The van der Waals surface area contributed by atoms with Crippen molar-refractivity contribution in [3.05, 3.63) is 36.4 Å². The predicted octanol–water partition coefficient (Wildman–Crippen LogP) is 4.16. The fourth-order valence-corrected chi connectivity index (χ4v) is 2.56. The lowest BCUT2D eigenvalue weighted by molar-refractivity contribution is -0.117. The molecule has 0 saturated heterocycles. The number of rotatable bonds is 6. The zero-order valence-corrected chi connectivity index (χ0v) is 12.2. The summed E-state index contributed by atoms with van der Waals surface area (Å²) >= 11 is 0. The van der Waals surface area contributed by atoms with Crippen LogP contribution in [0, 0.1) is 5.92 Å². The van der Waals surface area contributed by atoms with Crippen molar-refractivity contribution in [3.63, 3.8) is 0 Å². The van der Waals surface area contributed by atoms with Crippen LogP contribution >= 0.6 is 0 Å². The molecule has 0 unspecified atom stereocenters. The second kappa shape index (κ2) is 7.13. The maximum atomic E-state index is 12.0. The average Bonchev–Trinajstić information content (AvgIpc) is 2.89. The molecule has 1 aliphatic rings. The quantitative estimate of drug-likeness (QED) is 0.790. The van der Waals surface area contributed by atoms with Gasteiger partial charge in [0.25, 0.3) is 0 Å². The highest BCUT2D eigenvalue weighted by Crippen LogP contribution is 2.28. The highest BCUT2D eigenvalue weighted by atomic mass is 16.5. The van der Waals surface area contributed by atoms with Crippen molar-refractivity contribution >= 4 is 11.6 Å². The summed E-state index contributed by atoms with van der Waals surface area (Å²) in [5.41, 5.74) is 1.77. The van der Waals surface area contributed by atoms with Crippen molar-refractivity contribution in [2.75, 3.05) is 11.9 Å². The molecule has 1 amide bonds. The van der Waals surface area contributed by atoms with Crippen LogP contribution < -0.4 is 10.1 Å². The molecule has 0 heterocycles. The van der Waals surface area contributed by atoms with E-state index in [0.29, 0.717) is 18.9 Å². The lowest BCUT2D eigenvalue weighted by Crippen LogP contribution is -2.15. The first kappa shape index (κ1) is 14.6. The molecular weight excluding hydrogens is 250 g/mol. The number of benzene rings is 1. The summed E-state index contributed by atoms with van der Waals surface area (Å²) in [4.78, 5) is 12.0. The lowest BCUT2D eigenvalue weighted by Gasteiger charge is -2.11. The van der Waals surface area contributed by atoms with Crippen molar-refractivity contribution in [1.82, 2.24) is 0 Å². The standard InChI is InChI=1S/C17H23NO2/c1-13(2)12-20-16-9-5-8-15(11-16)18-17(19)10-14-6-3-4-7-14/h5,8-9,11,14H,1,3-4,6-7,10,12H2,2H3,(H,18,19).